The standard InChI is InChI=1S/C18H16N2O4/c21-12-16(17-7-4-10-23-17)20-18(22)15-11-14(8-9-19-15)24-13-5-2-1-3-6-13/h1-11,16,21H,12H2,(H,20,22). The molecule has 1 amide bonds. The highest BCUT2D eigenvalue weighted by Gasteiger charge is 2.18. The second-order valence-electron chi connectivity index (χ2n) is 5.02. The topological polar surface area (TPSA) is 84.6 Å². The molecule has 1 unspecified atom stereocenters. The number of amides is 1. The monoisotopic (exact) mass is 324 g/mol. The van der Waals surface area contributed by atoms with Gasteiger partial charge < -0.3 is 19.6 Å². The fourth-order valence-electron chi connectivity index (χ4n) is 2.15. The maximum absolute atomic E-state index is 12.3. The molecule has 1 atom stereocenters. The third kappa shape index (κ3) is 3.80. The molecule has 1 aromatic carbocycles. The number of rotatable bonds is 6. The number of benzene rings is 1. The molecule has 0 aliphatic carbocycles. The first-order valence-corrected chi connectivity index (χ1v) is 7.40. The number of hydrogen-bond acceptors (Lipinski definition) is 5. The second-order valence-corrected chi connectivity index (χ2v) is 5.02. The van der Waals surface area contributed by atoms with Crippen LogP contribution in [-0.4, -0.2) is 22.6 Å². The number of carbonyl (C=O) groups is 1. The fourth-order valence-corrected chi connectivity index (χ4v) is 2.15. The van der Waals surface area contributed by atoms with Crippen LogP contribution in [0.2, 0.25) is 0 Å². The van der Waals surface area contributed by atoms with Crippen LogP contribution in [0.1, 0.15) is 22.3 Å². The predicted molar refractivity (Wildman–Crippen MR) is 86.8 cm³/mol. The molecule has 0 fully saturated rings. The Kier molecular flexibility index (Phi) is 4.88. The lowest BCUT2D eigenvalue weighted by molar-refractivity contribution is 0.0902. The van der Waals surface area contributed by atoms with Crippen LogP contribution in [0.5, 0.6) is 11.5 Å². The van der Waals surface area contributed by atoms with E-state index in [0.29, 0.717) is 17.3 Å². The molecule has 0 radical (unpaired) electrons. The van der Waals surface area contributed by atoms with Crippen molar-refractivity contribution in [2.24, 2.45) is 0 Å². The zero-order chi connectivity index (χ0) is 16.8. The van der Waals surface area contributed by atoms with Crippen molar-refractivity contribution in [3.8, 4) is 11.5 Å². The maximum atomic E-state index is 12.3. The van der Waals surface area contributed by atoms with Gasteiger partial charge in [0.15, 0.2) is 0 Å². The van der Waals surface area contributed by atoms with E-state index in [0.717, 1.165) is 0 Å². The lowest BCUT2D eigenvalue weighted by Gasteiger charge is -2.14. The Balaban J connectivity index is 1.72. The van der Waals surface area contributed by atoms with Gasteiger partial charge in [0.05, 0.1) is 12.9 Å². The smallest absolute Gasteiger partial charge is 0.270 e. The molecule has 3 aromatic rings. The molecule has 0 aliphatic heterocycles. The van der Waals surface area contributed by atoms with E-state index in [1.165, 1.54) is 12.5 Å². The number of pyridine rings is 1. The van der Waals surface area contributed by atoms with Gasteiger partial charge in [0, 0.05) is 12.3 Å². The van der Waals surface area contributed by atoms with Crippen LogP contribution < -0.4 is 10.1 Å². The van der Waals surface area contributed by atoms with Gasteiger partial charge in [0.1, 0.15) is 29.0 Å². The van der Waals surface area contributed by atoms with E-state index in [-0.39, 0.29) is 12.3 Å². The second kappa shape index (κ2) is 7.43. The van der Waals surface area contributed by atoms with E-state index >= 15 is 0 Å². The van der Waals surface area contributed by atoms with Crippen LogP contribution in [0.4, 0.5) is 0 Å². The number of furan rings is 1. The summed E-state index contributed by atoms with van der Waals surface area (Å²) in [7, 11) is 0. The van der Waals surface area contributed by atoms with Crippen molar-refractivity contribution in [1.82, 2.24) is 10.3 Å². The fraction of sp³-hybridized carbons (Fsp3) is 0.111. The highest BCUT2D eigenvalue weighted by molar-refractivity contribution is 5.92. The van der Waals surface area contributed by atoms with Gasteiger partial charge in [-0.15, -0.1) is 0 Å². The molecule has 0 aliphatic rings. The number of nitrogens with zero attached hydrogens (tertiary/aromatic N) is 1. The average molecular weight is 324 g/mol. The largest absolute Gasteiger partial charge is 0.467 e. The number of ether oxygens (including phenoxy) is 1. The van der Waals surface area contributed by atoms with Gasteiger partial charge in [0.2, 0.25) is 0 Å². The van der Waals surface area contributed by atoms with Crippen molar-refractivity contribution in [1.29, 1.82) is 0 Å². The van der Waals surface area contributed by atoms with E-state index in [2.05, 4.69) is 10.3 Å². The Morgan fingerprint density at radius 3 is 2.71 bits per heavy atom. The molecule has 0 bridgehead atoms. The van der Waals surface area contributed by atoms with Crippen LogP contribution in [0, 0.1) is 0 Å². The molecular formula is C18H16N2O4. The molecule has 2 N–H and O–H groups in total. The van der Waals surface area contributed by atoms with E-state index in [9.17, 15) is 9.90 Å². The Morgan fingerprint density at radius 2 is 2.00 bits per heavy atom. The third-order valence-corrected chi connectivity index (χ3v) is 3.32. The number of carbonyl (C=O) groups excluding carboxylic acids is 1. The van der Waals surface area contributed by atoms with Crippen LogP contribution in [0.3, 0.4) is 0 Å². The first-order chi connectivity index (χ1) is 11.8. The Hall–Kier alpha value is -3.12. The summed E-state index contributed by atoms with van der Waals surface area (Å²) in [6, 6.07) is 15.2. The van der Waals surface area contributed by atoms with Crippen LogP contribution in [0.25, 0.3) is 0 Å². The SMILES string of the molecule is O=C(NC(CO)c1ccco1)c1cc(Oc2ccccc2)ccn1. The average Bonchev–Trinajstić information content (AvgIpc) is 3.15. The van der Waals surface area contributed by atoms with E-state index in [4.69, 9.17) is 9.15 Å². The Bertz CT molecular complexity index is 788. The highest BCUT2D eigenvalue weighted by atomic mass is 16.5. The number of nitrogens with one attached hydrogen (secondary N) is 1. The zero-order valence-electron chi connectivity index (χ0n) is 12.8. The first-order valence-electron chi connectivity index (χ1n) is 7.40. The van der Waals surface area contributed by atoms with Crippen LogP contribution in [0.15, 0.2) is 71.5 Å². The summed E-state index contributed by atoms with van der Waals surface area (Å²) in [6.07, 6.45) is 2.98. The maximum Gasteiger partial charge on any atom is 0.270 e. The molecule has 122 valence electrons. The van der Waals surface area contributed by atoms with Gasteiger partial charge in [-0.3, -0.25) is 9.78 Å². The summed E-state index contributed by atoms with van der Waals surface area (Å²) in [5, 5.41) is 12.1. The summed E-state index contributed by atoms with van der Waals surface area (Å²) in [6.45, 7) is -0.278. The zero-order valence-corrected chi connectivity index (χ0v) is 12.8. The molecule has 2 heterocycles. The van der Waals surface area contributed by atoms with Crippen LogP contribution in [-0.2, 0) is 0 Å². The van der Waals surface area contributed by atoms with Gasteiger partial charge >= 0.3 is 0 Å². The molecule has 0 saturated carbocycles. The molecule has 2 aromatic heterocycles. The lowest BCUT2D eigenvalue weighted by Crippen LogP contribution is -2.31. The summed E-state index contributed by atoms with van der Waals surface area (Å²) in [4.78, 5) is 16.4. The van der Waals surface area contributed by atoms with Gasteiger partial charge in [0.25, 0.3) is 5.91 Å². The number of aliphatic hydroxyl groups excluding tert-OH is 1. The molecule has 3 rings (SSSR count). The van der Waals surface area contributed by atoms with Gasteiger partial charge in [-0.2, -0.15) is 0 Å². The Morgan fingerprint density at radius 1 is 1.17 bits per heavy atom. The lowest BCUT2D eigenvalue weighted by atomic mass is 10.2. The number of aliphatic hydroxyl groups is 1. The minimum absolute atomic E-state index is 0.188. The van der Waals surface area contributed by atoms with E-state index < -0.39 is 11.9 Å². The number of aromatic nitrogens is 1. The molecule has 6 heteroatoms. The minimum atomic E-state index is -0.631. The van der Waals surface area contributed by atoms with Crippen molar-refractivity contribution in [2.75, 3.05) is 6.61 Å². The molecule has 24 heavy (non-hydrogen) atoms. The highest BCUT2D eigenvalue weighted by Crippen LogP contribution is 2.21. The molecule has 6 nitrogen and oxygen atoms in total. The summed E-state index contributed by atoms with van der Waals surface area (Å²) in [5.41, 5.74) is 0.188. The Labute approximate surface area is 138 Å². The minimum Gasteiger partial charge on any atom is -0.467 e. The summed E-state index contributed by atoms with van der Waals surface area (Å²) in [5.74, 6) is 1.21. The summed E-state index contributed by atoms with van der Waals surface area (Å²) >= 11 is 0. The molecule has 0 spiro atoms. The van der Waals surface area contributed by atoms with Gasteiger partial charge in [-0.05, 0) is 30.3 Å². The number of para-hydroxylation sites is 1. The van der Waals surface area contributed by atoms with E-state index in [1.807, 2.05) is 30.3 Å². The van der Waals surface area contributed by atoms with Crippen molar-refractivity contribution < 1.29 is 19.1 Å². The quantitative estimate of drug-likeness (QED) is 0.728. The third-order valence-electron chi connectivity index (χ3n) is 3.32. The normalized spacial score (nSPS) is 11.7. The first kappa shape index (κ1) is 15.8. The molecular weight excluding hydrogens is 308 g/mol. The molecule has 0 saturated heterocycles. The van der Waals surface area contributed by atoms with Crippen molar-refractivity contribution in [3.63, 3.8) is 0 Å². The van der Waals surface area contributed by atoms with E-state index in [1.54, 1.807) is 24.3 Å². The van der Waals surface area contributed by atoms with Gasteiger partial charge in [-0.1, -0.05) is 18.2 Å². The number of hydrogen-bond donors (Lipinski definition) is 2. The van der Waals surface area contributed by atoms with Gasteiger partial charge in [-0.25, -0.2) is 0 Å². The van der Waals surface area contributed by atoms with Crippen molar-refractivity contribution >= 4 is 5.91 Å². The van der Waals surface area contributed by atoms with Crippen LogP contribution >= 0.6 is 0 Å². The summed E-state index contributed by atoms with van der Waals surface area (Å²) < 4.78 is 10.9. The van der Waals surface area contributed by atoms with Crippen molar-refractivity contribution in [3.05, 3.63) is 78.5 Å². The predicted octanol–water partition coefficient (Wildman–Crippen LogP) is 2.93. The van der Waals surface area contributed by atoms with Crippen molar-refractivity contribution in [2.45, 2.75) is 6.04 Å².